The summed E-state index contributed by atoms with van der Waals surface area (Å²) in [7, 11) is -4.01. The lowest BCUT2D eigenvalue weighted by atomic mass is 10.1. The molecule has 0 bridgehead atoms. The fourth-order valence-electron chi connectivity index (χ4n) is 1.50. The normalized spacial score (nSPS) is 11.9. The number of aliphatic hydroxyl groups excluding tert-OH is 1. The van der Waals surface area contributed by atoms with Gasteiger partial charge in [-0.15, -0.1) is 0 Å². The number of rotatable bonds is 11. The van der Waals surface area contributed by atoms with Gasteiger partial charge in [0.25, 0.3) is 0 Å². The molecule has 5 nitrogen and oxygen atoms in total. The van der Waals surface area contributed by atoms with Crippen LogP contribution in [-0.4, -0.2) is 31.2 Å². The maximum Gasteiger partial charge on any atom is 0.333 e. The second-order valence-electron chi connectivity index (χ2n) is 3.92. The van der Waals surface area contributed by atoms with E-state index in [-0.39, 0.29) is 6.61 Å². The first-order chi connectivity index (χ1) is 7.56. The van der Waals surface area contributed by atoms with Crippen LogP contribution >= 0.6 is 0 Å². The number of nitrogens with one attached hydrogen (secondary N) is 1. The van der Waals surface area contributed by atoms with E-state index in [1.165, 1.54) is 6.42 Å². The zero-order valence-electron chi connectivity index (χ0n) is 9.69. The third kappa shape index (κ3) is 13.8. The Bertz CT molecular complexity index is 241. The lowest BCUT2D eigenvalue weighted by Gasteiger charge is -2.02. The largest absolute Gasteiger partial charge is 0.396 e. The van der Waals surface area contributed by atoms with Crippen LogP contribution in [0.2, 0.25) is 0 Å². The number of aliphatic hydroxyl groups is 1. The smallest absolute Gasteiger partial charge is 0.333 e. The van der Waals surface area contributed by atoms with Crippen LogP contribution in [-0.2, 0) is 10.3 Å². The van der Waals surface area contributed by atoms with E-state index in [0.29, 0.717) is 6.54 Å². The van der Waals surface area contributed by atoms with Crippen LogP contribution in [0.1, 0.15) is 51.4 Å². The molecule has 0 aromatic heterocycles. The van der Waals surface area contributed by atoms with Gasteiger partial charge in [0, 0.05) is 13.2 Å². The Kier molecular flexibility index (Phi) is 9.91. The first kappa shape index (κ1) is 15.8. The molecular weight excluding hydrogens is 230 g/mol. The third-order valence-electron chi connectivity index (χ3n) is 2.37. The topological polar surface area (TPSA) is 86.6 Å². The molecule has 0 aliphatic rings. The van der Waals surface area contributed by atoms with Crippen molar-refractivity contribution in [2.24, 2.45) is 0 Å². The van der Waals surface area contributed by atoms with Crippen molar-refractivity contribution in [2.75, 3.05) is 13.2 Å². The van der Waals surface area contributed by atoms with Gasteiger partial charge in [-0.3, -0.25) is 4.55 Å². The zero-order chi connectivity index (χ0) is 12.3. The summed E-state index contributed by atoms with van der Waals surface area (Å²) in [6.45, 7) is 0.588. The van der Waals surface area contributed by atoms with E-state index in [9.17, 15) is 8.42 Å². The molecule has 0 spiro atoms. The van der Waals surface area contributed by atoms with E-state index in [4.69, 9.17) is 9.66 Å². The average Bonchev–Trinajstić information content (AvgIpc) is 2.19. The lowest BCUT2D eigenvalue weighted by Crippen LogP contribution is -2.23. The Hall–Kier alpha value is -0.170. The number of unbranched alkanes of at least 4 members (excludes halogenated alkanes) is 7. The minimum Gasteiger partial charge on any atom is -0.396 e. The maximum absolute atomic E-state index is 10.3. The van der Waals surface area contributed by atoms with Crippen molar-refractivity contribution in [1.82, 2.24) is 4.72 Å². The highest BCUT2D eigenvalue weighted by molar-refractivity contribution is 7.83. The molecular formula is C10H23NO4S. The SMILES string of the molecule is O=S(=O)(O)NCCCCCCCCCCO. The molecule has 0 aromatic rings. The van der Waals surface area contributed by atoms with Crippen LogP contribution in [0.15, 0.2) is 0 Å². The molecule has 0 aliphatic carbocycles. The molecule has 0 atom stereocenters. The molecule has 3 N–H and O–H groups in total. The van der Waals surface area contributed by atoms with Gasteiger partial charge in [0.1, 0.15) is 0 Å². The van der Waals surface area contributed by atoms with Crippen molar-refractivity contribution in [3.8, 4) is 0 Å². The highest BCUT2D eigenvalue weighted by Gasteiger charge is 2.00. The Balaban J connectivity index is 3.05. The maximum atomic E-state index is 10.3. The minimum atomic E-state index is -4.01. The standard InChI is InChI=1S/C10H23NO4S/c12-10-8-6-4-2-1-3-5-7-9-11-16(13,14)15/h11-12H,1-10H2,(H,13,14,15). The predicted molar refractivity (Wildman–Crippen MR) is 63.6 cm³/mol. The van der Waals surface area contributed by atoms with Crippen molar-refractivity contribution >= 4 is 10.3 Å². The van der Waals surface area contributed by atoms with Gasteiger partial charge in [0.05, 0.1) is 0 Å². The van der Waals surface area contributed by atoms with Gasteiger partial charge in [0.2, 0.25) is 0 Å². The van der Waals surface area contributed by atoms with E-state index in [1.54, 1.807) is 0 Å². The van der Waals surface area contributed by atoms with Gasteiger partial charge in [0.15, 0.2) is 0 Å². The molecule has 0 heterocycles. The number of hydrogen-bond donors (Lipinski definition) is 3. The van der Waals surface area contributed by atoms with E-state index in [1.807, 2.05) is 4.72 Å². The molecule has 0 saturated heterocycles. The predicted octanol–water partition coefficient (Wildman–Crippen LogP) is 1.49. The molecule has 16 heavy (non-hydrogen) atoms. The van der Waals surface area contributed by atoms with Crippen LogP contribution in [0.25, 0.3) is 0 Å². The summed E-state index contributed by atoms with van der Waals surface area (Å²) in [6, 6.07) is 0. The number of hydrogen-bond acceptors (Lipinski definition) is 3. The molecule has 0 radical (unpaired) electrons. The van der Waals surface area contributed by atoms with Crippen LogP contribution in [0.4, 0.5) is 0 Å². The average molecular weight is 253 g/mol. The van der Waals surface area contributed by atoms with Gasteiger partial charge >= 0.3 is 10.3 Å². The van der Waals surface area contributed by atoms with Crippen molar-refractivity contribution in [3.05, 3.63) is 0 Å². The zero-order valence-corrected chi connectivity index (χ0v) is 10.5. The van der Waals surface area contributed by atoms with Gasteiger partial charge in [-0.05, 0) is 12.8 Å². The monoisotopic (exact) mass is 253 g/mol. The van der Waals surface area contributed by atoms with Crippen molar-refractivity contribution in [3.63, 3.8) is 0 Å². The first-order valence-corrected chi connectivity index (χ1v) is 7.33. The molecule has 0 aromatic carbocycles. The summed E-state index contributed by atoms with van der Waals surface area (Å²) in [4.78, 5) is 0. The van der Waals surface area contributed by atoms with Crippen LogP contribution in [0, 0.1) is 0 Å². The summed E-state index contributed by atoms with van der Waals surface area (Å²) in [5.41, 5.74) is 0. The second-order valence-corrected chi connectivity index (χ2v) is 5.16. The molecule has 0 rings (SSSR count). The minimum absolute atomic E-state index is 0.279. The third-order valence-corrected chi connectivity index (χ3v) is 2.94. The quantitative estimate of drug-likeness (QED) is 0.384. The Morgan fingerprint density at radius 1 is 0.812 bits per heavy atom. The van der Waals surface area contributed by atoms with E-state index >= 15 is 0 Å². The second kappa shape index (κ2) is 10.0. The van der Waals surface area contributed by atoms with Gasteiger partial charge in [-0.25, -0.2) is 0 Å². The first-order valence-electron chi connectivity index (χ1n) is 5.89. The van der Waals surface area contributed by atoms with Crippen LogP contribution < -0.4 is 4.72 Å². The van der Waals surface area contributed by atoms with Crippen molar-refractivity contribution in [2.45, 2.75) is 51.4 Å². The van der Waals surface area contributed by atoms with E-state index in [0.717, 1.165) is 44.9 Å². The molecule has 6 heteroatoms. The Morgan fingerprint density at radius 2 is 1.25 bits per heavy atom. The van der Waals surface area contributed by atoms with Gasteiger partial charge < -0.3 is 5.11 Å². The molecule has 98 valence electrons. The fraction of sp³-hybridized carbons (Fsp3) is 1.00. The summed E-state index contributed by atoms with van der Waals surface area (Å²) in [5.74, 6) is 0. The van der Waals surface area contributed by atoms with Crippen LogP contribution in [0.5, 0.6) is 0 Å². The van der Waals surface area contributed by atoms with Crippen molar-refractivity contribution in [1.29, 1.82) is 0 Å². The summed E-state index contributed by atoms with van der Waals surface area (Å²) < 4.78 is 31.0. The molecule has 0 unspecified atom stereocenters. The van der Waals surface area contributed by atoms with Crippen molar-refractivity contribution < 1.29 is 18.1 Å². The van der Waals surface area contributed by atoms with E-state index in [2.05, 4.69) is 0 Å². The lowest BCUT2D eigenvalue weighted by molar-refractivity contribution is 0.282. The van der Waals surface area contributed by atoms with Gasteiger partial charge in [-0.2, -0.15) is 13.1 Å². The summed E-state index contributed by atoms with van der Waals surface area (Å²) in [6.07, 6.45) is 8.27. The van der Waals surface area contributed by atoms with E-state index < -0.39 is 10.3 Å². The fourth-order valence-corrected chi connectivity index (χ4v) is 1.90. The summed E-state index contributed by atoms with van der Waals surface area (Å²) >= 11 is 0. The van der Waals surface area contributed by atoms with Gasteiger partial charge in [-0.1, -0.05) is 38.5 Å². The molecule has 0 fully saturated rings. The van der Waals surface area contributed by atoms with Crippen LogP contribution in [0.3, 0.4) is 0 Å². The Morgan fingerprint density at radius 3 is 1.69 bits per heavy atom. The summed E-state index contributed by atoms with van der Waals surface area (Å²) in [5, 5.41) is 8.56. The molecule has 0 saturated carbocycles. The highest BCUT2D eigenvalue weighted by atomic mass is 32.2. The molecule has 0 amide bonds. The Labute approximate surface area is 98.1 Å². The molecule has 0 aliphatic heterocycles. The highest BCUT2D eigenvalue weighted by Crippen LogP contribution is 2.07.